The van der Waals surface area contributed by atoms with Gasteiger partial charge in [0, 0.05) is 23.3 Å². The maximum Gasteiger partial charge on any atom is 0.295 e. The molecule has 0 bridgehead atoms. The van der Waals surface area contributed by atoms with Crippen LogP contribution >= 0.6 is 0 Å². The minimum absolute atomic E-state index is 0.1000. The van der Waals surface area contributed by atoms with Crippen molar-refractivity contribution in [3.8, 4) is 34.1 Å². The zero-order chi connectivity index (χ0) is 26.1. The van der Waals surface area contributed by atoms with E-state index in [-0.39, 0.29) is 22.6 Å². The maximum atomic E-state index is 12.2. The van der Waals surface area contributed by atoms with E-state index in [2.05, 4.69) is 0 Å². The van der Waals surface area contributed by atoms with Crippen LogP contribution in [0.5, 0.6) is 23.0 Å². The minimum atomic E-state index is -4.82. The van der Waals surface area contributed by atoms with Crippen molar-refractivity contribution in [2.75, 3.05) is 0 Å². The van der Waals surface area contributed by atoms with Crippen LogP contribution in [0, 0.1) is 13.8 Å². The van der Waals surface area contributed by atoms with Crippen LogP contribution in [0.25, 0.3) is 11.1 Å². The van der Waals surface area contributed by atoms with Gasteiger partial charge in [0.05, 0.1) is 0 Å². The molecule has 0 aliphatic carbocycles. The van der Waals surface area contributed by atoms with E-state index in [9.17, 15) is 25.9 Å². The number of hydrogen-bond donors (Lipinski definition) is 2. The summed E-state index contributed by atoms with van der Waals surface area (Å²) in [4.78, 5) is -1.19. The Morgan fingerprint density at radius 1 is 0.500 bits per heavy atom. The predicted octanol–water partition coefficient (Wildman–Crippen LogP) is 6.05. The van der Waals surface area contributed by atoms with Crippen molar-refractivity contribution in [2.24, 2.45) is 0 Å². The van der Waals surface area contributed by atoms with Crippen LogP contribution in [0.4, 0.5) is 0 Å². The van der Waals surface area contributed by atoms with Gasteiger partial charge in [0.1, 0.15) is 32.8 Å². The van der Waals surface area contributed by atoms with Crippen LogP contribution in [0.3, 0.4) is 0 Å². The Kier molecular flexibility index (Phi) is 6.87. The van der Waals surface area contributed by atoms with E-state index in [0.29, 0.717) is 11.5 Å². The zero-order valence-corrected chi connectivity index (χ0v) is 20.9. The van der Waals surface area contributed by atoms with Gasteiger partial charge < -0.3 is 9.47 Å². The maximum absolute atomic E-state index is 12.2. The molecule has 4 aromatic rings. The fourth-order valence-corrected chi connectivity index (χ4v) is 4.93. The third-order valence-corrected chi connectivity index (χ3v) is 7.05. The first-order chi connectivity index (χ1) is 16.9. The van der Waals surface area contributed by atoms with Gasteiger partial charge in [-0.1, -0.05) is 35.4 Å². The average molecular weight is 527 g/mol. The Morgan fingerprint density at radius 3 is 1.11 bits per heavy atom. The van der Waals surface area contributed by atoms with E-state index < -0.39 is 30.0 Å². The summed E-state index contributed by atoms with van der Waals surface area (Å²) in [5.41, 5.74) is 1.71. The summed E-state index contributed by atoms with van der Waals surface area (Å²) in [6, 6.07) is 21.6. The number of hydrogen-bond acceptors (Lipinski definition) is 6. The van der Waals surface area contributed by atoms with Crippen molar-refractivity contribution in [2.45, 2.75) is 23.6 Å². The monoisotopic (exact) mass is 526 g/mol. The van der Waals surface area contributed by atoms with E-state index in [0.717, 1.165) is 23.3 Å². The van der Waals surface area contributed by atoms with Gasteiger partial charge in [-0.3, -0.25) is 9.11 Å². The molecular formula is C26H22O8S2. The average Bonchev–Trinajstić information content (AvgIpc) is 2.81. The molecule has 0 aliphatic heterocycles. The number of rotatable bonds is 7. The second-order valence-electron chi connectivity index (χ2n) is 8.10. The Bertz CT molecular complexity index is 1500. The van der Waals surface area contributed by atoms with E-state index in [1.54, 1.807) is 24.3 Å². The molecule has 0 spiro atoms. The summed E-state index contributed by atoms with van der Waals surface area (Å²) in [6.07, 6.45) is 0. The summed E-state index contributed by atoms with van der Waals surface area (Å²) in [5, 5.41) is 0. The van der Waals surface area contributed by atoms with Crippen LogP contribution in [-0.2, 0) is 20.2 Å². The van der Waals surface area contributed by atoms with Gasteiger partial charge in [-0.15, -0.1) is 0 Å². The molecule has 2 N–H and O–H groups in total. The summed E-state index contributed by atoms with van der Waals surface area (Å²) in [5.74, 6) is 1.07. The topological polar surface area (TPSA) is 127 Å². The second-order valence-corrected chi connectivity index (χ2v) is 10.9. The highest BCUT2D eigenvalue weighted by molar-refractivity contribution is 7.86. The van der Waals surface area contributed by atoms with Crippen LogP contribution < -0.4 is 9.47 Å². The molecule has 0 atom stereocenters. The van der Waals surface area contributed by atoms with Gasteiger partial charge >= 0.3 is 0 Å². The molecule has 36 heavy (non-hydrogen) atoms. The Balaban J connectivity index is 1.79. The predicted molar refractivity (Wildman–Crippen MR) is 134 cm³/mol. The molecule has 10 heteroatoms. The van der Waals surface area contributed by atoms with Gasteiger partial charge in [-0.25, -0.2) is 0 Å². The second kappa shape index (κ2) is 9.75. The third-order valence-electron chi connectivity index (χ3n) is 5.27. The first-order valence-electron chi connectivity index (χ1n) is 10.6. The van der Waals surface area contributed by atoms with E-state index >= 15 is 0 Å². The third kappa shape index (κ3) is 5.92. The molecule has 0 radical (unpaired) electrons. The van der Waals surface area contributed by atoms with Crippen molar-refractivity contribution in [3.05, 3.63) is 96.1 Å². The van der Waals surface area contributed by atoms with Crippen LogP contribution in [-0.4, -0.2) is 25.9 Å². The minimum Gasteiger partial charge on any atom is -0.457 e. The quantitative estimate of drug-likeness (QED) is 0.279. The van der Waals surface area contributed by atoms with Gasteiger partial charge in [-0.05, 0) is 62.4 Å². The summed E-state index contributed by atoms with van der Waals surface area (Å²) in [6.45, 7) is 3.80. The lowest BCUT2D eigenvalue weighted by Crippen LogP contribution is -2.06. The molecule has 0 fully saturated rings. The normalized spacial score (nSPS) is 11.8. The lowest BCUT2D eigenvalue weighted by molar-refractivity contribution is 0.470. The number of ether oxygens (including phenoxy) is 2. The van der Waals surface area contributed by atoms with Crippen LogP contribution in [0.1, 0.15) is 11.1 Å². The summed E-state index contributed by atoms with van der Waals surface area (Å²) in [7, 11) is -9.63. The molecule has 4 aromatic carbocycles. The Labute approximate surface area is 209 Å². The van der Waals surface area contributed by atoms with Crippen molar-refractivity contribution < 1.29 is 35.4 Å². The Hall–Kier alpha value is -3.70. The smallest absolute Gasteiger partial charge is 0.295 e. The van der Waals surface area contributed by atoms with Gasteiger partial charge in [0.25, 0.3) is 20.2 Å². The molecule has 0 aliphatic rings. The first kappa shape index (κ1) is 25.4. The lowest BCUT2D eigenvalue weighted by Gasteiger charge is -2.15. The SMILES string of the molecule is Cc1ccc(Oc2ccc(-c3ccc(Oc4ccc(C)cc4)cc3S(=O)(=O)O)c(S(=O)(=O)O)c2)cc1. The molecule has 8 nitrogen and oxygen atoms in total. The molecule has 0 saturated carbocycles. The Morgan fingerprint density at radius 2 is 0.806 bits per heavy atom. The molecular weight excluding hydrogens is 504 g/mol. The lowest BCUT2D eigenvalue weighted by atomic mass is 10.0. The van der Waals surface area contributed by atoms with Gasteiger partial charge in [0.15, 0.2) is 0 Å². The molecule has 186 valence electrons. The van der Waals surface area contributed by atoms with E-state index in [4.69, 9.17) is 9.47 Å². The molecule has 4 rings (SSSR count). The standard InChI is InChI=1S/C26H22O8S2/c1-17-3-7-19(8-4-17)33-21-11-13-23(25(15-21)35(27,28)29)24-14-12-22(16-26(24)36(30,31)32)34-20-9-5-18(2)6-10-20/h3-16H,1-2H3,(H,27,28,29)(H,30,31,32). The van der Waals surface area contributed by atoms with Crippen LogP contribution in [0.15, 0.2) is 94.7 Å². The van der Waals surface area contributed by atoms with Gasteiger partial charge in [0.2, 0.25) is 0 Å². The van der Waals surface area contributed by atoms with Crippen molar-refractivity contribution >= 4 is 20.2 Å². The van der Waals surface area contributed by atoms with Crippen LogP contribution in [0.2, 0.25) is 0 Å². The zero-order valence-electron chi connectivity index (χ0n) is 19.2. The summed E-state index contributed by atoms with van der Waals surface area (Å²) < 4.78 is 80.1. The van der Waals surface area contributed by atoms with E-state index in [1.165, 1.54) is 24.3 Å². The molecule has 0 heterocycles. The fourth-order valence-electron chi connectivity index (χ4n) is 3.49. The van der Waals surface area contributed by atoms with E-state index in [1.807, 2.05) is 38.1 Å². The molecule has 0 saturated heterocycles. The highest BCUT2D eigenvalue weighted by Crippen LogP contribution is 2.38. The van der Waals surface area contributed by atoms with Crippen molar-refractivity contribution in [1.29, 1.82) is 0 Å². The van der Waals surface area contributed by atoms with Gasteiger partial charge in [-0.2, -0.15) is 16.8 Å². The number of aryl methyl sites for hydroxylation is 2. The molecule has 0 unspecified atom stereocenters. The largest absolute Gasteiger partial charge is 0.457 e. The van der Waals surface area contributed by atoms with Crippen molar-refractivity contribution in [1.82, 2.24) is 0 Å². The summed E-state index contributed by atoms with van der Waals surface area (Å²) >= 11 is 0. The fraction of sp³-hybridized carbons (Fsp3) is 0.0769. The highest BCUT2D eigenvalue weighted by atomic mass is 32.2. The molecule has 0 amide bonds. The highest BCUT2D eigenvalue weighted by Gasteiger charge is 2.25. The number of benzene rings is 4. The van der Waals surface area contributed by atoms with Crippen molar-refractivity contribution in [3.63, 3.8) is 0 Å². The first-order valence-corrected chi connectivity index (χ1v) is 13.5. The molecule has 0 aromatic heterocycles.